The molecule has 2 heterocycles. The molecule has 0 aromatic heterocycles. The van der Waals surface area contributed by atoms with Crippen molar-refractivity contribution in [1.82, 2.24) is 0 Å². The van der Waals surface area contributed by atoms with Crippen LogP contribution in [0, 0.1) is 46.3 Å². The third-order valence-electron chi connectivity index (χ3n) is 11.2. The highest BCUT2D eigenvalue weighted by molar-refractivity contribution is 5.88. The molecule has 6 nitrogen and oxygen atoms in total. The maximum atomic E-state index is 14.2. The van der Waals surface area contributed by atoms with E-state index in [4.69, 9.17) is 14.2 Å². The average molecular weight is 489 g/mol. The maximum absolute atomic E-state index is 14.2. The van der Waals surface area contributed by atoms with Crippen LogP contribution in [-0.4, -0.2) is 42.6 Å². The van der Waals surface area contributed by atoms with Crippen molar-refractivity contribution in [3.05, 3.63) is 0 Å². The van der Waals surface area contributed by atoms with Crippen molar-refractivity contribution in [1.29, 1.82) is 0 Å². The monoisotopic (exact) mass is 488 g/mol. The van der Waals surface area contributed by atoms with Gasteiger partial charge in [-0.2, -0.15) is 0 Å². The zero-order chi connectivity index (χ0) is 25.2. The van der Waals surface area contributed by atoms with Crippen LogP contribution in [-0.2, 0) is 28.6 Å². The summed E-state index contributed by atoms with van der Waals surface area (Å²) in [5.74, 6) is 0.984. The van der Waals surface area contributed by atoms with Crippen LogP contribution in [0.2, 0.25) is 0 Å². The summed E-state index contributed by atoms with van der Waals surface area (Å²) in [6.07, 6.45) is 8.53. The first-order valence-electron chi connectivity index (χ1n) is 14.0. The molecule has 0 N–H and O–H groups in total. The molecule has 196 valence electrons. The van der Waals surface area contributed by atoms with Gasteiger partial charge in [-0.25, -0.2) is 0 Å². The number of Topliss-reactive ketones (excluding diaryl/α,β-unsaturated/α-hetero) is 1. The van der Waals surface area contributed by atoms with E-state index in [0.29, 0.717) is 18.1 Å². The number of hydrogen-bond donors (Lipinski definition) is 0. The Labute approximate surface area is 210 Å². The van der Waals surface area contributed by atoms with Crippen molar-refractivity contribution in [3.8, 4) is 0 Å². The van der Waals surface area contributed by atoms with E-state index in [0.717, 1.165) is 64.3 Å². The fraction of sp³-hybridized carbons (Fsp3) is 0.897. The van der Waals surface area contributed by atoms with Gasteiger partial charge < -0.3 is 19.0 Å². The van der Waals surface area contributed by atoms with Gasteiger partial charge in [0.1, 0.15) is 18.2 Å². The second kappa shape index (κ2) is 8.93. The van der Waals surface area contributed by atoms with Crippen LogP contribution in [0.3, 0.4) is 0 Å². The summed E-state index contributed by atoms with van der Waals surface area (Å²) in [5.41, 5.74) is -0.629. The largest absolute Gasteiger partial charge is 0.463 e. The second-order valence-corrected chi connectivity index (χ2v) is 13.1. The van der Waals surface area contributed by atoms with E-state index in [1.54, 1.807) is 0 Å². The van der Waals surface area contributed by atoms with Gasteiger partial charge in [0, 0.05) is 37.0 Å². The zero-order valence-corrected chi connectivity index (χ0v) is 22.2. The number of aldehydes is 1. The summed E-state index contributed by atoms with van der Waals surface area (Å²) in [4.78, 5) is 37.6. The number of fused-ring (bicyclic) bond motifs is 2. The van der Waals surface area contributed by atoms with Gasteiger partial charge >= 0.3 is 5.97 Å². The van der Waals surface area contributed by atoms with Crippen molar-refractivity contribution in [2.24, 2.45) is 46.3 Å². The number of ketones is 1. The molecule has 3 saturated carbocycles. The maximum Gasteiger partial charge on any atom is 0.302 e. The Morgan fingerprint density at radius 3 is 2.54 bits per heavy atom. The Balaban J connectivity index is 1.37. The topological polar surface area (TPSA) is 78.9 Å². The molecular formula is C29H44O6. The van der Waals surface area contributed by atoms with Crippen molar-refractivity contribution < 1.29 is 28.6 Å². The summed E-state index contributed by atoms with van der Waals surface area (Å²) in [7, 11) is 0. The molecule has 0 aromatic carbocycles. The van der Waals surface area contributed by atoms with Crippen molar-refractivity contribution in [2.45, 2.75) is 110 Å². The molecular weight excluding hydrogens is 444 g/mol. The first kappa shape index (κ1) is 25.4. The van der Waals surface area contributed by atoms with Gasteiger partial charge in [-0.1, -0.05) is 27.7 Å². The smallest absolute Gasteiger partial charge is 0.302 e. The number of hydrogen-bond acceptors (Lipinski definition) is 6. The standard InChI is InChI=1S/C29H44O6/c1-17-8-11-29(33-16-17)18(2)25-24(35-29)15-23(28(25,5)12-13-30)22-7-6-20-14-21(34-19(3)31)9-10-27(20,4)26(22)32/h13,17-18,20-25H,6-12,14-16H2,1-5H3/t17-,18+,20+,21+,22+,23+,24+,25+,27+,28+,29-/m1/s1. The van der Waals surface area contributed by atoms with Gasteiger partial charge in [0.25, 0.3) is 0 Å². The highest BCUT2D eigenvalue weighted by Gasteiger charge is 2.67. The number of carbonyl (C=O) groups is 3. The molecule has 35 heavy (non-hydrogen) atoms. The Kier molecular flexibility index (Phi) is 6.48. The highest BCUT2D eigenvalue weighted by atomic mass is 16.7. The minimum Gasteiger partial charge on any atom is -0.463 e. The van der Waals surface area contributed by atoms with E-state index in [1.165, 1.54) is 6.92 Å². The summed E-state index contributed by atoms with van der Waals surface area (Å²) in [6, 6.07) is 0. The van der Waals surface area contributed by atoms with Crippen LogP contribution < -0.4 is 0 Å². The Morgan fingerprint density at radius 2 is 1.89 bits per heavy atom. The molecule has 2 saturated heterocycles. The van der Waals surface area contributed by atoms with E-state index in [1.807, 2.05) is 0 Å². The first-order chi connectivity index (χ1) is 16.5. The highest BCUT2D eigenvalue weighted by Crippen LogP contribution is 2.65. The quantitative estimate of drug-likeness (QED) is 0.404. The van der Waals surface area contributed by atoms with Crippen molar-refractivity contribution in [2.75, 3.05) is 6.61 Å². The van der Waals surface area contributed by atoms with Crippen LogP contribution >= 0.6 is 0 Å². The van der Waals surface area contributed by atoms with Gasteiger partial charge in [-0.05, 0) is 74.0 Å². The van der Waals surface area contributed by atoms with Gasteiger partial charge in [-0.3, -0.25) is 9.59 Å². The number of esters is 1. The number of ether oxygens (including phenoxy) is 3. The lowest BCUT2D eigenvalue weighted by atomic mass is 9.52. The minimum atomic E-state index is -0.528. The van der Waals surface area contributed by atoms with Crippen LogP contribution in [0.25, 0.3) is 0 Å². The fourth-order valence-electron chi connectivity index (χ4n) is 9.20. The lowest BCUT2D eigenvalue weighted by Gasteiger charge is -2.51. The molecule has 5 fully saturated rings. The van der Waals surface area contributed by atoms with E-state index >= 15 is 0 Å². The van der Waals surface area contributed by atoms with Crippen LogP contribution in [0.4, 0.5) is 0 Å². The fourth-order valence-corrected chi connectivity index (χ4v) is 9.20. The molecule has 0 amide bonds. The van der Waals surface area contributed by atoms with Gasteiger partial charge in [-0.15, -0.1) is 0 Å². The lowest BCUT2D eigenvalue weighted by Crippen LogP contribution is -2.53. The molecule has 11 atom stereocenters. The molecule has 2 aliphatic heterocycles. The van der Waals surface area contributed by atoms with Gasteiger partial charge in [0.2, 0.25) is 0 Å². The molecule has 6 heteroatoms. The van der Waals surface area contributed by atoms with Crippen LogP contribution in [0.15, 0.2) is 0 Å². The van der Waals surface area contributed by atoms with E-state index in [9.17, 15) is 14.4 Å². The van der Waals surface area contributed by atoms with Gasteiger partial charge in [0.15, 0.2) is 5.79 Å². The molecule has 0 aromatic rings. The average Bonchev–Trinajstić information content (AvgIpc) is 3.23. The van der Waals surface area contributed by atoms with Crippen LogP contribution in [0.1, 0.15) is 92.4 Å². The van der Waals surface area contributed by atoms with E-state index in [-0.39, 0.29) is 58.6 Å². The molecule has 0 unspecified atom stereocenters. The zero-order valence-electron chi connectivity index (χ0n) is 22.2. The molecule has 3 aliphatic carbocycles. The molecule has 5 aliphatic rings. The molecule has 5 rings (SSSR count). The predicted octanol–water partition coefficient (Wildman–Crippen LogP) is 5.11. The van der Waals surface area contributed by atoms with E-state index in [2.05, 4.69) is 27.7 Å². The predicted molar refractivity (Wildman–Crippen MR) is 130 cm³/mol. The number of rotatable bonds is 4. The van der Waals surface area contributed by atoms with Gasteiger partial charge in [0.05, 0.1) is 12.7 Å². The van der Waals surface area contributed by atoms with Crippen LogP contribution in [0.5, 0.6) is 0 Å². The third kappa shape index (κ3) is 3.93. The SMILES string of the molecule is CC(=O)O[C@H]1CC[C@]2(C)C(=O)[C@H]([C@@H]3C[C@@H]4O[C@]5(CC[C@@H](C)CO5)[C@@H](C)[C@@H]4[C@@]3(C)CC=O)CC[C@H]2C1. The lowest BCUT2D eigenvalue weighted by molar-refractivity contribution is -0.271. The number of carbonyl (C=O) groups excluding carboxylic acids is 3. The van der Waals surface area contributed by atoms with Crippen molar-refractivity contribution in [3.63, 3.8) is 0 Å². The first-order valence-corrected chi connectivity index (χ1v) is 14.0. The molecule has 0 bridgehead atoms. The molecule has 0 radical (unpaired) electrons. The van der Waals surface area contributed by atoms with E-state index < -0.39 is 5.79 Å². The Bertz CT molecular complexity index is 861. The third-order valence-corrected chi connectivity index (χ3v) is 11.2. The second-order valence-electron chi connectivity index (χ2n) is 13.1. The summed E-state index contributed by atoms with van der Waals surface area (Å²) < 4.78 is 18.6. The summed E-state index contributed by atoms with van der Waals surface area (Å²) in [6.45, 7) is 11.1. The molecule has 1 spiro atoms. The summed E-state index contributed by atoms with van der Waals surface area (Å²) >= 11 is 0. The Morgan fingerprint density at radius 1 is 1.11 bits per heavy atom. The summed E-state index contributed by atoms with van der Waals surface area (Å²) in [5, 5.41) is 0. The normalized spacial score (nSPS) is 51.6. The minimum absolute atomic E-state index is 0.0314. The Hall–Kier alpha value is -1.27. The van der Waals surface area contributed by atoms with Crippen molar-refractivity contribution >= 4 is 18.0 Å².